The van der Waals surface area contributed by atoms with Crippen LogP contribution in [-0.2, 0) is 31.0 Å². The smallest absolute Gasteiger partial charge is 0.403 e. The molecule has 0 radical (unpaired) electrons. The van der Waals surface area contributed by atoms with E-state index in [1.807, 2.05) is 60.7 Å². The molecule has 0 fully saturated rings. The lowest BCUT2D eigenvalue weighted by Gasteiger charge is -2.33. The quantitative estimate of drug-likeness (QED) is 0.117. The molecule has 0 heterocycles. The highest BCUT2D eigenvalue weighted by molar-refractivity contribution is 7.48. The second-order valence-electron chi connectivity index (χ2n) is 20.4. The summed E-state index contributed by atoms with van der Waals surface area (Å²) in [4.78, 5) is 23.7. The second-order valence-corrected chi connectivity index (χ2v) is 23.2. The normalized spacial score (nSPS) is 26.3. The van der Waals surface area contributed by atoms with Crippen LogP contribution in [0.25, 0.3) is 0 Å². The maximum absolute atomic E-state index is 14.5. The molecule has 15 rings (SSSR count). The van der Waals surface area contributed by atoms with Crippen LogP contribution in [0.2, 0.25) is 0 Å². The maximum Gasteiger partial charge on any atom is 0.527 e. The molecule has 0 saturated heterocycles. The monoisotopic (exact) mass is 934 g/mol. The second kappa shape index (κ2) is 14.5. The lowest BCUT2D eigenvalue weighted by Crippen LogP contribution is -2.17. The standard InChI is InChI=1S/C58H48O8P2/c59-67(60,63-21-19-31-11-3-1-4-12-31)65-57-53-49-29-51(47-27-43-39-23-37(41(43)25-45(47)49)33-15-7-9-17-35(33)39)55(53)58(66-68(61,62)64-22-20-32-13-5-2-6-14-32)56-52-30-50(54(56)57)46-26-42-38-24-40(44(42)28-48(46)52)36-18-10-8-16-34(36)38/h1-18,25-28,37-40,49-52H,19-24,29-30H2,(H,59,60)(H,61,62). The van der Waals surface area contributed by atoms with Crippen LogP contribution in [0.3, 0.4) is 0 Å². The summed E-state index contributed by atoms with van der Waals surface area (Å²) in [6.07, 6.45) is 4.37. The van der Waals surface area contributed by atoms with Gasteiger partial charge in [0.2, 0.25) is 0 Å². The Balaban J connectivity index is 0.892. The van der Waals surface area contributed by atoms with E-state index in [1.165, 1.54) is 66.8 Å². The fourth-order valence-corrected chi connectivity index (χ4v) is 16.4. The summed E-state index contributed by atoms with van der Waals surface area (Å²) in [5.74, 6) is 1.27. The molecule has 10 heteroatoms. The van der Waals surface area contributed by atoms with Crippen LogP contribution in [0.5, 0.6) is 11.5 Å². The number of phosphoric acid groups is 2. The maximum atomic E-state index is 14.5. The first kappa shape index (κ1) is 40.3. The first-order chi connectivity index (χ1) is 33.2. The molecule has 0 spiro atoms. The van der Waals surface area contributed by atoms with Gasteiger partial charge in [0, 0.05) is 69.6 Å². The predicted octanol–water partition coefficient (Wildman–Crippen LogP) is 13.1. The molecule has 0 aliphatic heterocycles. The van der Waals surface area contributed by atoms with Crippen LogP contribution in [0.15, 0.2) is 133 Å². The summed E-state index contributed by atoms with van der Waals surface area (Å²) < 4.78 is 54.0. The van der Waals surface area contributed by atoms with Gasteiger partial charge >= 0.3 is 15.6 Å². The van der Waals surface area contributed by atoms with Gasteiger partial charge in [-0.3, -0.25) is 18.8 Å². The van der Waals surface area contributed by atoms with Crippen molar-refractivity contribution < 1.29 is 37.0 Å². The van der Waals surface area contributed by atoms with Gasteiger partial charge in [-0.1, -0.05) is 133 Å². The lowest BCUT2D eigenvalue weighted by atomic mass is 9.74. The SMILES string of the molecule is O=P(O)(OCCc1ccccc1)Oc1c2c(c(OP(=O)(O)OCCc3ccccc3)c3c1C1CC3c3cc4c(cc31)C1CC4c3ccccc31)C1CC2c2cc3c(cc21)C1CC3c2ccccc21. The van der Waals surface area contributed by atoms with Gasteiger partial charge < -0.3 is 9.05 Å². The Morgan fingerprint density at radius 2 is 0.632 bits per heavy atom. The summed E-state index contributed by atoms with van der Waals surface area (Å²) in [6.45, 7) is -0.0129. The van der Waals surface area contributed by atoms with Crippen molar-refractivity contribution in [3.63, 3.8) is 0 Å². The Morgan fingerprint density at radius 3 is 0.941 bits per heavy atom. The molecule has 0 amide bonds. The van der Waals surface area contributed by atoms with E-state index in [4.69, 9.17) is 18.1 Å². The average Bonchev–Trinajstić information content (AvgIpc) is 4.24. The highest BCUT2D eigenvalue weighted by atomic mass is 31.2. The summed E-state index contributed by atoms with van der Waals surface area (Å²) in [7, 11) is -9.43. The number of rotatable bonds is 12. The molecule has 7 aromatic rings. The number of hydrogen-bond acceptors (Lipinski definition) is 6. The van der Waals surface area contributed by atoms with Gasteiger partial charge in [-0.15, -0.1) is 0 Å². The molecule has 10 unspecified atom stereocenters. The van der Waals surface area contributed by atoms with Crippen molar-refractivity contribution in [2.75, 3.05) is 13.2 Å². The Bertz CT molecular complexity index is 3050. The molecule has 10 atom stereocenters. The zero-order valence-corrected chi connectivity index (χ0v) is 39.0. The highest BCUT2D eigenvalue weighted by Gasteiger charge is 2.56. The van der Waals surface area contributed by atoms with Gasteiger partial charge in [0.25, 0.3) is 0 Å². The van der Waals surface area contributed by atoms with Crippen molar-refractivity contribution >= 4 is 15.6 Å². The molecule has 2 N–H and O–H groups in total. The largest absolute Gasteiger partial charge is 0.527 e. The average molecular weight is 935 g/mol. The highest BCUT2D eigenvalue weighted by Crippen LogP contribution is 2.73. The molecule has 8 aliphatic rings. The van der Waals surface area contributed by atoms with Crippen LogP contribution in [-0.4, -0.2) is 23.0 Å². The van der Waals surface area contributed by atoms with E-state index in [0.29, 0.717) is 60.9 Å². The molecule has 68 heavy (non-hydrogen) atoms. The third kappa shape index (κ3) is 5.77. The minimum atomic E-state index is -4.72. The Morgan fingerprint density at radius 1 is 0.368 bits per heavy atom. The lowest BCUT2D eigenvalue weighted by molar-refractivity contribution is 0.201. The third-order valence-electron chi connectivity index (χ3n) is 17.3. The predicted molar refractivity (Wildman–Crippen MR) is 259 cm³/mol. The van der Waals surface area contributed by atoms with Crippen molar-refractivity contribution in [1.82, 2.24) is 0 Å². The molecule has 8 bridgehead atoms. The fourth-order valence-electron chi connectivity index (χ4n) is 14.8. The van der Waals surface area contributed by atoms with Crippen molar-refractivity contribution in [2.45, 2.75) is 85.9 Å². The van der Waals surface area contributed by atoms with Crippen LogP contribution < -0.4 is 9.05 Å². The van der Waals surface area contributed by atoms with E-state index in [0.717, 1.165) is 46.2 Å². The van der Waals surface area contributed by atoms with Crippen molar-refractivity contribution in [3.8, 4) is 11.5 Å². The van der Waals surface area contributed by atoms with Gasteiger partial charge in [0.1, 0.15) is 11.5 Å². The zero-order valence-electron chi connectivity index (χ0n) is 37.2. The van der Waals surface area contributed by atoms with Crippen LogP contribution in [0.4, 0.5) is 0 Å². The molecule has 0 aromatic heterocycles. The number of fused-ring (bicyclic) bond motifs is 32. The van der Waals surface area contributed by atoms with Crippen molar-refractivity contribution in [3.05, 3.63) is 234 Å². The van der Waals surface area contributed by atoms with E-state index < -0.39 is 15.6 Å². The number of benzene rings is 7. The van der Waals surface area contributed by atoms with Gasteiger partial charge in [0.05, 0.1) is 13.2 Å². The fraction of sp³-hybridized carbons (Fsp3) is 0.276. The zero-order chi connectivity index (χ0) is 45.2. The van der Waals surface area contributed by atoms with E-state index in [-0.39, 0.29) is 36.9 Å². The van der Waals surface area contributed by atoms with Crippen molar-refractivity contribution in [1.29, 1.82) is 0 Å². The molecule has 8 nitrogen and oxygen atoms in total. The minimum Gasteiger partial charge on any atom is -0.403 e. The molecule has 0 saturated carbocycles. The number of phosphoric ester groups is 2. The summed E-state index contributed by atoms with van der Waals surface area (Å²) in [5.41, 5.74) is 20.9. The first-order valence-electron chi connectivity index (χ1n) is 24.4. The minimum absolute atomic E-state index is 0.00646. The Kier molecular flexibility index (Phi) is 8.60. The van der Waals surface area contributed by atoms with Crippen molar-refractivity contribution in [2.24, 2.45) is 0 Å². The van der Waals surface area contributed by atoms with E-state index >= 15 is 0 Å². The molecular formula is C58H48O8P2. The summed E-state index contributed by atoms with van der Waals surface area (Å²) >= 11 is 0. The van der Waals surface area contributed by atoms with E-state index in [9.17, 15) is 18.9 Å². The van der Waals surface area contributed by atoms with Gasteiger partial charge in [-0.25, -0.2) is 9.13 Å². The Labute approximate surface area is 395 Å². The van der Waals surface area contributed by atoms with Crippen LogP contribution in [0, 0.1) is 0 Å². The first-order valence-corrected chi connectivity index (χ1v) is 27.3. The molecular weight excluding hydrogens is 887 g/mol. The molecule has 8 aliphatic carbocycles. The molecule has 7 aromatic carbocycles. The van der Waals surface area contributed by atoms with Crippen LogP contribution >= 0.6 is 15.6 Å². The van der Waals surface area contributed by atoms with Gasteiger partial charge in [-0.2, -0.15) is 0 Å². The van der Waals surface area contributed by atoms with Gasteiger partial charge in [0.15, 0.2) is 0 Å². The van der Waals surface area contributed by atoms with E-state index in [2.05, 4.69) is 72.8 Å². The summed E-state index contributed by atoms with van der Waals surface area (Å²) in [6, 6.07) is 46.8. The molecule has 338 valence electrons. The van der Waals surface area contributed by atoms with E-state index in [1.54, 1.807) is 0 Å². The van der Waals surface area contributed by atoms with Crippen LogP contribution in [0.1, 0.15) is 173 Å². The van der Waals surface area contributed by atoms with Gasteiger partial charge in [-0.05, 0) is 116 Å². The Hall–Kier alpha value is -5.56. The summed E-state index contributed by atoms with van der Waals surface area (Å²) in [5, 5.41) is 0. The number of hydrogen-bond donors (Lipinski definition) is 2. The topological polar surface area (TPSA) is 112 Å². The third-order valence-corrected chi connectivity index (χ3v) is 19.1.